The van der Waals surface area contributed by atoms with E-state index in [1.807, 2.05) is 50.2 Å². The van der Waals surface area contributed by atoms with Crippen molar-refractivity contribution >= 4 is 17.3 Å². The Morgan fingerprint density at radius 1 is 0.950 bits per heavy atom. The first-order chi connectivity index (χ1) is 9.56. The summed E-state index contributed by atoms with van der Waals surface area (Å²) in [7, 11) is 0. The van der Waals surface area contributed by atoms with Gasteiger partial charge in [-0.2, -0.15) is 0 Å². The highest BCUT2D eigenvalue weighted by molar-refractivity contribution is 6.30. The Morgan fingerprint density at radius 3 is 2.10 bits per heavy atom. The predicted molar refractivity (Wildman–Crippen MR) is 82.8 cm³/mol. The van der Waals surface area contributed by atoms with Crippen LogP contribution in [0.5, 0.6) is 11.5 Å². The maximum Gasteiger partial charge on any atom is 0.125 e. The molecule has 2 aromatic rings. The predicted octanol–water partition coefficient (Wildman–Crippen LogP) is 4.00. The van der Waals surface area contributed by atoms with E-state index in [0.29, 0.717) is 13.2 Å². The first-order valence-electron chi connectivity index (χ1n) is 6.44. The van der Waals surface area contributed by atoms with E-state index in [-0.39, 0.29) is 0 Å². The van der Waals surface area contributed by atoms with Crippen LogP contribution in [0.3, 0.4) is 0 Å². The minimum atomic E-state index is 0.478. The number of hydrogen-bond donors (Lipinski definition) is 1. The molecule has 0 aliphatic heterocycles. The fraction of sp³-hybridized carbons (Fsp3) is 0.250. The lowest BCUT2D eigenvalue weighted by atomic mass is 10.1. The summed E-state index contributed by atoms with van der Waals surface area (Å²) in [5, 5.41) is 0.727. The highest BCUT2D eigenvalue weighted by Gasteiger charge is 2.05. The van der Waals surface area contributed by atoms with Gasteiger partial charge in [-0.25, -0.2) is 0 Å². The van der Waals surface area contributed by atoms with Crippen molar-refractivity contribution in [3.63, 3.8) is 0 Å². The SMILES string of the molecule is Cc1cc(Cl)cc(C)c1OCCOc1ccc(N)cc1. The van der Waals surface area contributed by atoms with Gasteiger partial charge in [0.1, 0.15) is 24.7 Å². The van der Waals surface area contributed by atoms with Gasteiger partial charge >= 0.3 is 0 Å². The van der Waals surface area contributed by atoms with Crippen molar-refractivity contribution in [2.75, 3.05) is 18.9 Å². The quantitative estimate of drug-likeness (QED) is 0.669. The third kappa shape index (κ3) is 3.81. The molecule has 4 heteroatoms. The zero-order valence-corrected chi connectivity index (χ0v) is 12.4. The van der Waals surface area contributed by atoms with Crippen LogP contribution in [0.1, 0.15) is 11.1 Å². The first-order valence-corrected chi connectivity index (χ1v) is 6.82. The molecule has 20 heavy (non-hydrogen) atoms. The number of nitrogens with two attached hydrogens (primary N) is 1. The average Bonchev–Trinajstić information content (AvgIpc) is 2.39. The summed E-state index contributed by atoms with van der Waals surface area (Å²) in [6.45, 7) is 4.92. The Hall–Kier alpha value is -1.87. The Balaban J connectivity index is 1.86. The summed E-state index contributed by atoms with van der Waals surface area (Å²) in [6, 6.07) is 11.1. The lowest BCUT2D eigenvalue weighted by Gasteiger charge is -2.13. The number of hydrogen-bond acceptors (Lipinski definition) is 3. The van der Waals surface area contributed by atoms with E-state index in [4.69, 9.17) is 26.8 Å². The van der Waals surface area contributed by atoms with Gasteiger partial charge in [0.15, 0.2) is 0 Å². The van der Waals surface area contributed by atoms with Crippen molar-refractivity contribution in [3.05, 3.63) is 52.5 Å². The summed E-state index contributed by atoms with van der Waals surface area (Å²) in [4.78, 5) is 0. The normalized spacial score (nSPS) is 10.3. The average molecular weight is 292 g/mol. The van der Waals surface area contributed by atoms with Crippen molar-refractivity contribution in [2.45, 2.75) is 13.8 Å². The Bertz CT molecular complexity index is 559. The molecule has 0 aliphatic rings. The van der Waals surface area contributed by atoms with E-state index in [1.165, 1.54) is 0 Å². The second-order valence-electron chi connectivity index (χ2n) is 4.63. The fourth-order valence-corrected chi connectivity index (χ4v) is 2.32. The highest BCUT2D eigenvalue weighted by Crippen LogP contribution is 2.26. The van der Waals surface area contributed by atoms with E-state index in [1.54, 1.807) is 0 Å². The number of halogens is 1. The van der Waals surface area contributed by atoms with Gasteiger partial charge in [0.2, 0.25) is 0 Å². The maximum atomic E-state index is 5.99. The van der Waals surface area contributed by atoms with Crippen LogP contribution in [0.15, 0.2) is 36.4 Å². The lowest BCUT2D eigenvalue weighted by molar-refractivity contribution is 0.215. The minimum Gasteiger partial charge on any atom is -0.490 e. The summed E-state index contributed by atoms with van der Waals surface area (Å²) >= 11 is 5.99. The molecule has 0 aromatic heterocycles. The molecule has 0 fully saturated rings. The molecule has 0 heterocycles. The molecule has 0 saturated carbocycles. The van der Waals surface area contributed by atoms with Crippen LogP contribution >= 0.6 is 11.6 Å². The molecule has 3 nitrogen and oxygen atoms in total. The van der Waals surface area contributed by atoms with Crippen molar-refractivity contribution in [1.82, 2.24) is 0 Å². The monoisotopic (exact) mass is 291 g/mol. The number of aryl methyl sites for hydroxylation is 2. The molecule has 0 atom stereocenters. The van der Waals surface area contributed by atoms with Crippen LogP contribution in [0.2, 0.25) is 5.02 Å². The number of ether oxygens (including phenoxy) is 2. The lowest BCUT2D eigenvalue weighted by Crippen LogP contribution is -2.10. The summed E-state index contributed by atoms with van der Waals surface area (Å²) in [5.41, 5.74) is 8.40. The smallest absolute Gasteiger partial charge is 0.125 e. The van der Waals surface area contributed by atoms with E-state index >= 15 is 0 Å². The van der Waals surface area contributed by atoms with E-state index < -0.39 is 0 Å². The number of nitrogen functional groups attached to an aromatic ring is 1. The van der Waals surface area contributed by atoms with Crippen LogP contribution in [0.4, 0.5) is 5.69 Å². The number of benzene rings is 2. The topological polar surface area (TPSA) is 44.5 Å². The van der Waals surface area contributed by atoms with E-state index in [2.05, 4.69) is 0 Å². The van der Waals surface area contributed by atoms with Crippen LogP contribution in [0.25, 0.3) is 0 Å². The molecule has 2 aromatic carbocycles. The largest absolute Gasteiger partial charge is 0.490 e. The zero-order valence-electron chi connectivity index (χ0n) is 11.7. The molecule has 0 radical (unpaired) electrons. The molecule has 0 bridgehead atoms. The van der Waals surface area contributed by atoms with Gasteiger partial charge in [-0.3, -0.25) is 0 Å². The molecule has 0 aliphatic carbocycles. The molecule has 106 valence electrons. The van der Waals surface area contributed by atoms with Crippen LogP contribution in [-0.4, -0.2) is 13.2 Å². The highest BCUT2D eigenvalue weighted by atomic mass is 35.5. The van der Waals surface area contributed by atoms with Crippen LogP contribution in [0, 0.1) is 13.8 Å². The summed E-state index contributed by atoms with van der Waals surface area (Å²) < 4.78 is 11.3. The molecule has 2 rings (SSSR count). The third-order valence-electron chi connectivity index (χ3n) is 2.90. The second kappa shape index (κ2) is 6.53. The van der Waals surface area contributed by atoms with Crippen molar-refractivity contribution in [3.8, 4) is 11.5 Å². The maximum absolute atomic E-state index is 5.99. The van der Waals surface area contributed by atoms with Crippen LogP contribution in [-0.2, 0) is 0 Å². The van der Waals surface area contributed by atoms with E-state index in [9.17, 15) is 0 Å². The molecule has 2 N–H and O–H groups in total. The Morgan fingerprint density at radius 2 is 1.50 bits per heavy atom. The standard InChI is InChI=1S/C16H18ClNO2/c1-11-9-13(17)10-12(2)16(11)20-8-7-19-15-5-3-14(18)4-6-15/h3-6,9-10H,7-8,18H2,1-2H3. The van der Waals surface area contributed by atoms with Gasteiger partial charge in [-0.1, -0.05) is 11.6 Å². The van der Waals surface area contributed by atoms with Gasteiger partial charge in [-0.05, 0) is 61.4 Å². The van der Waals surface area contributed by atoms with Crippen molar-refractivity contribution in [1.29, 1.82) is 0 Å². The number of anilines is 1. The molecule has 0 saturated heterocycles. The molecule has 0 spiro atoms. The zero-order chi connectivity index (χ0) is 14.5. The van der Waals surface area contributed by atoms with E-state index in [0.717, 1.165) is 33.3 Å². The second-order valence-corrected chi connectivity index (χ2v) is 5.07. The Kier molecular flexibility index (Phi) is 4.74. The van der Waals surface area contributed by atoms with Gasteiger partial charge < -0.3 is 15.2 Å². The molecule has 0 unspecified atom stereocenters. The Labute approximate surface area is 124 Å². The first kappa shape index (κ1) is 14.5. The van der Waals surface area contributed by atoms with Crippen molar-refractivity contribution in [2.24, 2.45) is 0 Å². The summed E-state index contributed by atoms with van der Waals surface area (Å²) in [6.07, 6.45) is 0. The molecular formula is C16H18ClNO2. The fourth-order valence-electron chi connectivity index (χ4n) is 1.99. The van der Waals surface area contributed by atoms with Crippen LogP contribution < -0.4 is 15.2 Å². The van der Waals surface area contributed by atoms with Crippen molar-refractivity contribution < 1.29 is 9.47 Å². The molecule has 0 amide bonds. The van der Waals surface area contributed by atoms with Gasteiger partial charge in [0.05, 0.1) is 0 Å². The van der Waals surface area contributed by atoms with Gasteiger partial charge in [0, 0.05) is 10.7 Å². The molecular weight excluding hydrogens is 274 g/mol. The number of rotatable bonds is 5. The minimum absolute atomic E-state index is 0.478. The third-order valence-corrected chi connectivity index (χ3v) is 3.12. The van der Waals surface area contributed by atoms with Gasteiger partial charge in [-0.15, -0.1) is 0 Å². The van der Waals surface area contributed by atoms with Gasteiger partial charge in [0.25, 0.3) is 0 Å². The summed E-state index contributed by atoms with van der Waals surface area (Å²) in [5.74, 6) is 1.66.